The average Bonchev–Trinajstić information content (AvgIpc) is 3.13. The van der Waals surface area contributed by atoms with Crippen molar-refractivity contribution in [3.05, 3.63) is 39.2 Å². The van der Waals surface area contributed by atoms with E-state index in [1.54, 1.807) is 0 Å². The smallest absolute Gasteiger partial charge is 0.328 e. The predicted molar refractivity (Wildman–Crippen MR) is 84.0 cm³/mol. The molecule has 0 heterocycles. The maximum absolute atomic E-state index is 3.00. The van der Waals surface area contributed by atoms with Gasteiger partial charge < -0.3 is 12.8 Å². The van der Waals surface area contributed by atoms with Gasteiger partial charge in [0.25, 0.3) is 0 Å². The van der Waals surface area contributed by atoms with E-state index < -0.39 is 0 Å². The maximum Gasteiger partial charge on any atom is 1.00 e. The van der Waals surface area contributed by atoms with Gasteiger partial charge in [-0.3, -0.25) is 0 Å². The zero-order valence-corrected chi connectivity index (χ0v) is 24.2. The minimum atomic E-state index is 0. The standard InChI is InChI=1S/2C5H9.C3H8.2C2H4.2Rb/c2*1-2-4-5-3-1;1-3-2;2*1-2;;/h2*1H,2-5H2;3H2,1-2H3;2*1-2H2;;/q2*-1;;;;2*+1. The Labute approximate surface area is 222 Å². The van der Waals surface area contributed by atoms with Crippen LogP contribution in [-0.2, 0) is 0 Å². The summed E-state index contributed by atoms with van der Waals surface area (Å²) in [7, 11) is 0. The summed E-state index contributed by atoms with van der Waals surface area (Å²) in [5.74, 6) is 0. The summed E-state index contributed by atoms with van der Waals surface area (Å²) >= 11 is 0. The molecule has 2 saturated carbocycles. The molecule has 0 bridgehead atoms. The summed E-state index contributed by atoms with van der Waals surface area (Å²) in [5, 5.41) is 0. The van der Waals surface area contributed by atoms with Crippen molar-refractivity contribution in [2.45, 2.75) is 71.6 Å². The molecule has 0 aromatic heterocycles. The van der Waals surface area contributed by atoms with Gasteiger partial charge in [-0.2, -0.15) is 25.7 Å². The average molecular weight is 409 g/mol. The molecule has 0 nitrogen and oxygen atoms in total. The van der Waals surface area contributed by atoms with E-state index in [1.165, 1.54) is 57.8 Å². The van der Waals surface area contributed by atoms with Crippen LogP contribution in [0.1, 0.15) is 71.6 Å². The Hall–Kier alpha value is 3.09. The summed E-state index contributed by atoms with van der Waals surface area (Å²) in [6.07, 6.45) is 17.2. The van der Waals surface area contributed by atoms with Crippen LogP contribution in [0.25, 0.3) is 0 Å². The topological polar surface area (TPSA) is 0 Å². The van der Waals surface area contributed by atoms with Crippen molar-refractivity contribution in [3.8, 4) is 0 Å². The SMILES string of the molecule is C=C.C=C.CCC.[CH-]1CCCC1.[CH-]1CCCC1.[Rb+].[Rb+]. The van der Waals surface area contributed by atoms with Crippen molar-refractivity contribution < 1.29 is 116 Å². The Morgan fingerprint density at radius 2 is 0.789 bits per heavy atom. The summed E-state index contributed by atoms with van der Waals surface area (Å²) in [4.78, 5) is 0. The summed E-state index contributed by atoms with van der Waals surface area (Å²) < 4.78 is 0. The molecule has 0 atom stereocenters. The van der Waals surface area contributed by atoms with Crippen LogP contribution in [0, 0.1) is 12.8 Å². The van der Waals surface area contributed by atoms with Crippen LogP contribution in [0.5, 0.6) is 0 Å². The zero-order chi connectivity index (χ0) is 13.8. The second kappa shape index (κ2) is 42.9. The Morgan fingerprint density at radius 1 is 0.632 bits per heavy atom. The third-order valence-electron chi connectivity index (χ3n) is 2.13. The fraction of sp³-hybridized carbons (Fsp3) is 0.647. The molecular formula is C17H34Rb2. The number of rotatable bonds is 0. The van der Waals surface area contributed by atoms with Gasteiger partial charge in [-0.05, 0) is 0 Å². The molecule has 0 radical (unpaired) electrons. The van der Waals surface area contributed by atoms with Gasteiger partial charge in [-0.25, -0.2) is 0 Å². The summed E-state index contributed by atoms with van der Waals surface area (Å²) in [6.45, 7) is 16.2. The van der Waals surface area contributed by atoms with Crippen LogP contribution in [0.15, 0.2) is 26.3 Å². The first-order valence-corrected chi connectivity index (χ1v) is 7.05. The maximum atomic E-state index is 3.00. The molecule has 0 aromatic carbocycles. The van der Waals surface area contributed by atoms with E-state index in [4.69, 9.17) is 0 Å². The molecule has 0 saturated heterocycles. The van der Waals surface area contributed by atoms with Crippen molar-refractivity contribution in [2.24, 2.45) is 0 Å². The molecule has 104 valence electrons. The summed E-state index contributed by atoms with van der Waals surface area (Å²) in [5.41, 5.74) is 0. The van der Waals surface area contributed by atoms with Crippen molar-refractivity contribution in [2.75, 3.05) is 0 Å². The molecule has 0 aliphatic heterocycles. The molecule has 2 fully saturated rings. The minimum absolute atomic E-state index is 0. The normalized spacial score (nSPS) is 14.0. The zero-order valence-electron chi connectivity index (χ0n) is 14.3. The van der Waals surface area contributed by atoms with Crippen LogP contribution in [0.3, 0.4) is 0 Å². The molecular weight excluding hydrogens is 375 g/mol. The Bertz CT molecular complexity index is 70.2. The fourth-order valence-corrected chi connectivity index (χ4v) is 1.44. The molecule has 2 rings (SSSR count). The Morgan fingerprint density at radius 3 is 0.842 bits per heavy atom. The third-order valence-corrected chi connectivity index (χ3v) is 2.13. The molecule has 2 heteroatoms. The van der Waals surface area contributed by atoms with Crippen LogP contribution in [0.2, 0.25) is 0 Å². The van der Waals surface area contributed by atoms with E-state index in [-0.39, 0.29) is 116 Å². The van der Waals surface area contributed by atoms with E-state index in [0.717, 1.165) is 0 Å². The van der Waals surface area contributed by atoms with Gasteiger partial charge in [-0.15, -0.1) is 26.3 Å². The molecule has 0 amide bonds. The molecule has 2 aliphatic carbocycles. The van der Waals surface area contributed by atoms with E-state index in [9.17, 15) is 0 Å². The Kier molecular flexibility index (Phi) is 75.9. The van der Waals surface area contributed by atoms with Crippen LogP contribution >= 0.6 is 0 Å². The second-order valence-corrected chi connectivity index (χ2v) is 3.85. The van der Waals surface area contributed by atoms with E-state index in [2.05, 4.69) is 53.0 Å². The molecule has 0 unspecified atom stereocenters. The number of hydrogen-bond donors (Lipinski definition) is 0. The van der Waals surface area contributed by atoms with Gasteiger partial charge >= 0.3 is 116 Å². The third kappa shape index (κ3) is 44.9. The fourth-order valence-electron chi connectivity index (χ4n) is 1.44. The molecule has 0 spiro atoms. The molecule has 19 heavy (non-hydrogen) atoms. The largest absolute Gasteiger partial charge is 1.00 e. The second-order valence-electron chi connectivity index (χ2n) is 3.85. The Balaban J connectivity index is -0.0000000447. The monoisotopic (exact) mass is 408 g/mol. The first kappa shape index (κ1) is 33.6. The number of hydrogen-bond acceptors (Lipinski definition) is 0. The quantitative estimate of drug-likeness (QED) is 0.405. The minimum Gasteiger partial charge on any atom is -0.328 e. The van der Waals surface area contributed by atoms with Crippen molar-refractivity contribution in [1.29, 1.82) is 0 Å². The van der Waals surface area contributed by atoms with Crippen LogP contribution in [-0.4, -0.2) is 0 Å². The van der Waals surface area contributed by atoms with Crippen molar-refractivity contribution in [1.82, 2.24) is 0 Å². The van der Waals surface area contributed by atoms with Crippen molar-refractivity contribution in [3.63, 3.8) is 0 Å². The van der Waals surface area contributed by atoms with Crippen LogP contribution < -0.4 is 116 Å². The van der Waals surface area contributed by atoms with E-state index >= 15 is 0 Å². The van der Waals surface area contributed by atoms with Crippen LogP contribution in [0.4, 0.5) is 0 Å². The van der Waals surface area contributed by atoms with Gasteiger partial charge in [0.1, 0.15) is 0 Å². The molecule has 0 N–H and O–H groups in total. The first-order chi connectivity index (χ1) is 8.41. The van der Waals surface area contributed by atoms with Gasteiger partial charge in [0, 0.05) is 0 Å². The first-order valence-electron chi connectivity index (χ1n) is 7.05. The van der Waals surface area contributed by atoms with E-state index in [0.29, 0.717) is 0 Å². The summed E-state index contributed by atoms with van der Waals surface area (Å²) in [6, 6.07) is 0. The predicted octanol–water partition coefficient (Wildman–Crippen LogP) is 0.558. The van der Waals surface area contributed by atoms with Gasteiger partial charge in [-0.1, -0.05) is 46.0 Å². The van der Waals surface area contributed by atoms with Gasteiger partial charge in [0.15, 0.2) is 0 Å². The van der Waals surface area contributed by atoms with Gasteiger partial charge in [0.05, 0.1) is 0 Å². The van der Waals surface area contributed by atoms with Crippen molar-refractivity contribution >= 4 is 0 Å². The van der Waals surface area contributed by atoms with Gasteiger partial charge in [0.2, 0.25) is 0 Å². The van der Waals surface area contributed by atoms with E-state index in [1.807, 2.05) is 0 Å². The molecule has 0 aromatic rings. The molecule has 2 aliphatic rings.